The van der Waals surface area contributed by atoms with Gasteiger partial charge in [0.15, 0.2) is 0 Å². The van der Waals surface area contributed by atoms with Gasteiger partial charge in [0.1, 0.15) is 5.75 Å². The molecular weight excluding hydrogens is 476 g/mol. The molecule has 0 saturated heterocycles. The molecule has 0 aliphatic heterocycles. The van der Waals surface area contributed by atoms with Gasteiger partial charge in [-0.2, -0.15) is 0 Å². The van der Waals surface area contributed by atoms with E-state index in [0.29, 0.717) is 11.5 Å². The van der Waals surface area contributed by atoms with Crippen molar-refractivity contribution >= 4 is 32.7 Å². The first kappa shape index (κ1) is 23.0. The number of carbonyl (C=O) groups excluding carboxylic acids is 1. The lowest BCUT2D eigenvalue weighted by Gasteiger charge is -2.17. The Balaban J connectivity index is 1.71. The van der Waals surface area contributed by atoms with Gasteiger partial charge in [-0.05, 0) is 60.4 Å². The van der Waals surface area contributed by atoms with E-state index in [1.165, 1.54) is 5.56 Å². The van der Waals surface area contributed by atoms with Gasteiger partial charge in [-0.1, -0.05) is 66.2 Å². The number of pyridine rings is 1. The topological polar surface area (TPSA) is 51.2 Å². The molecule has 1 heterocycles. The number of rotatable bonds is 6. The van der Waals surface area contributed by atoms with Crippen LogP contribution in [-0.4, -0.2) is 18.0 Å². The molecule has 1 N–H and O–H groups in total. The lowest BCUT2D eigenvalue weighted by molar-refractivity contribution is 0.0941. The highest BCUT2D eigenvalue weighted by Crippen LogP contribution is 2.29. The summed E-state index contributed by atoms with van der Waals surface area (Å²) in [6, 6.07) is 23.7. The summed E-state index contributed by atoms with van der Waals surface area (Å²) in [6.45, 7) is 6.35. The lowest BCUT2D eigenvalue weighted by Crippen LogP contribution is -2.27. The molecule has 4 aromatic rings. The molecule has 0 unspecified atom stereocenters. The summed E-state index contributed by atoms with van der Waals surface area (Å²) in [4.78, 5) is 18.3. The number of ether oxygens (including phenoxy) is 1. The Morgan fingerprint density at radius 2 is 1.67 bits per heavy atom. The predicted octanol–water partition coefficient (Wildman–Crippen LogP) is 7.29. The smallest absolute Gasteiger partial charge is 0.252 e. The van der Waals surface area contributed by atoms with Gasteiger partial charge in [0, 0.05) is 15.4 Å². The van der Waals surface area contributed by atoms with Crippen molar-refractivity contribution in [1.29, 1.82) is 0 Å². The maximum absolute atomic E-state index is 13.5. The molecule has 1 amide bonds. The summed E-state index contributed by atoms with van der Waals surface area (Å²) in [7, 11) is 1.64. The van der Waals surface area contributed by atoms with Crippen molar-refractivity contribution in [2.75, 3.05) is 7.11 Å². The van der Waals surface area contributed by atoms with Crippen molar-refractivity contribution in [1.82, 2.24) is 10.3 Å². The molecular formula is C28H27BrN2O2. The van der Waals surface area contributed by atoms with E-state index in [2.05, 4.69) is 59.4 Å². The van der Waals surface area contributed by atoms with Crippen molar-refractivity contribution in [2.24, 2.45) is 0 Å². The van der Waals surface area contributed by atoms with Gasteiger partial charge in [0.05, 0.1) is 29.9 Å². The molecule has 1 atom stereocenters. The molecule has 3 aromatic carbocycles. The number of hydrogen-bond donors (Lipinski definition) is 1. The number of benzene rings is 3. The molecule has 0 saturated carbocycles. The second-order valence-electron chi connectivity index (χ2n) is 8.47. The van der Waals surface area contributed by atoms with Crippen LogP contribution in [-0.2, 0) is 0 Å². The molecule has 5 heteroatoms. The van der Waals surface area contributed by atoms with E-state index in [-0.39, 0.29) is 11.9 Å². The zero-order valence-electron chi connectivity index (χ0n) is 19.2. The van der Waals surface area contributed by atoms with Crippen LogP contribution in [0.2, 0.25) is 0 Å². The Bertz CT molecular complexity index is 1300. The van der Waals surface area contributed by atoms with Crippen LogP contribution in [0, 0.1) is 0 Å². The van der Waals surface area contributed by atoms with Crippen molar-refractivity contribution in [3.8, 4) is 17.0 Å². The van der Waals surface area contributed by atoms with Gasteiger partial charge in [0.25, 0.3) is 5.91 Å². The Labute approximate surface area is 203 Å². The third-order valence-electron chi connectivity index (χ3n) is 5.83. The van der Waals surface area contributed by atoms with Crippen LogP contribution in [0.15, 0.2) is 77.3 Å². The largest absolute Gasteiger partial charge is 0.497 e. The minimum absolute atomic E-state index is 0.130. The quantitative estimate of drug-likeness (QED) is 0.301. The summed E-state index contributed by atoms with van der Waals surface area (Å²) >= 11 is 3.53. The van der Waals surface area contributed by atoms with Gasteiger partial charge in [0.2, 0.25) is 0 Å². The molecule has 0 spiro atoms. The molecule has 0 radical (unpaired) electrons. The molecule has 4 nitrogen and oxygen atoms in total. The second-order valence-corrected chi connectivity index (χ2v) is 9.38. The highest BCUT2D eigenvalue weighted by Gasteiger charge is 2.17. The van der Waals surface area contributed by atoms with E-state index >= 15 is 0 Å². The summed E-state index contributed by atoms with van der Waals surface area (Å²) in [6.07, 6.45) is 0. The molecule has 4 rings (SSSR count). The first-order valence-corrected chi connectivity index (χ1v) is 11.8. The number of aromatic nitrogens is 1. The summed E-state index contributed by atoms with van der Waals surface area (Å²) in [5, 5.41) is 3.97. The van der Waals surface area contributed by atoms with E-state index in [1.807, 2.05) is 55.5 Å². The van der Waals surface area contributed by atoms with E-state index in [4.69, 9.17) is 9.72 Å². The van der Waals surface area contributed by atoms with E-state index in [1.54, 1.807) is 7.11 Å². The zero-order valence-corrected chi connectivity index (χ0v) is 20.8. The standard InChI is InChI=1S/C28H27BrN2O2/c1-17(2)19-8-10-20(11-9-19)18(3)30-28(32)25-16-27(21-6-5-7-23(14-21)33-4)31-26-13-12-22(29)15-24(25)26/h5-18H,1-4H3,(H,30,32)/t18-/m0/s1. The summed E-state index contributed by atoms with van der Waals surface area (Å²) in [5.74, 6) is 1.08. The average molecular weight is 503 g/mol. The minimum Gasteiger partial charge on any atom is -0.497 e. The third kappa shape index (κ3) is 5.09. The van der Waals surface area contributed by atoms with Crippen molar-refractivity contribution in [3.63, 3.8) is 0 Å². The maximum Gasteiger partial charge on any atom is 0.252 e. The number of carbonyl (C=O) groups is 1. The van der Waals surface area contributed by atoms with Crippen LogP contribution < -0.4 is 10.1 Å². The van der Waals surface area contributed by atoms with Gasteiger partial charge in [-0.3, -0.25) is 4.79 Å². The molecule has 1 aromatic heterocycles. The average Bonchev–Trinajstić information content (AvgIpc) is 2.83. The van der Waals surface area contributed by atoms with Gasteiger partial charge >= 0.3 is 0 Å². The van der Waals surface area contributed by atoms with Crippen LogP contribution in [0.5, 0.6) is 5.75 Å². The van der Waals surface area contributed by atoms with Crippen LogP contribution in [0.4, 0.5) is 0 Å². The zero-order chi connectivity index (χ0) is 23.5. The fraction of sp³-hybridized carbons (Fsp3) is 0.214. The highest BCUT2D eigenvalue weighted by atomic mass is 79.9. The number of methoxy groups -OCH3 is 1. The third-order valence-corrected chi connectivity index (χ3v) is 6.32. The number of nitrogens with zero attached hydrogens (tertiary/aromatic N) is 1. The second kappa shape index (κ2) is 9.75. The van der Waals surface area contributed by atoms with Crippen molar-refractivity contribution in [2.45, 2.75) is 32.7 Å². The highest BCUT2D eigenvalue weighted by molar-refractivity contribution is 9.10. The molecule has 0 aliphatic rings. The first-order chi connectivity index (χ1) is 15.9. The Morgan fingerprint density at radius 3 is 2.36 bits per heavy atom. The van der Waals surface area contributed by atoms with E-state index in [9.17, 15) is 4.79 Å². The van der Waals surface area contributed by atoms with E-state index < -0.39 is 0 Å². The monoisotopic (exact) mass is 502 g/mol. The molecule has 168 valence electrons. The summed E-state index contributed by atoms with van der Waals surface area (Å²) < 4.78 is 6.27. The van der Waals surface area contributed by atoms with E-state index in [0.717, 1.165) is 37.9 Å². The molecule has 0 bridgehead atoms. The van der Waals surface area contributed by atoms with Crippen LogP contribution >= 0.6 is 15.9 Å². The van der Waals surface area contributed by atoms with Crippen LogP contribution in [0.1, 0.15) is 54.2 Å². The normalized spacial score (nSPS) is 12.1. The lowest BCUT2D eigenvalue weighted by atomic mass is 9.99. The SMILES string of the molecule is COc1cccc(-c2cc(C(=O)N[C@@H](C)c3ccc(C(C)C)cc3)c3cc(Br)ccc3n2)c1. The maximum atomic E-state index is 13.5. The minimum atomic E-state index is -0.134. The number of halogens is 1. The number of amides is 1. The van der Waals surface area contributed by atoms with Crippen molar-refractivity contribution in [3.05, 3.63) is 94.0 Å². The van der Waals surface area contributed by atoms with Crippen LogP contribution in [0.25, 0.3) is 22.2 Å². The Morgan fingerprint density at radius 1 is 0.939 bits per heavy atom. The molecule has 0 fully saturated rings. The number of fused-ring (bicyclic) bond motifs is 1. The molecule has 0 aliphatic carbocycles. The van der Waals surface area contributed by atoms with Gasteiger partial charge < -0.3 is 10.1 Å². The Kier molecular flexibility index (Phi) is 6.80. The molecule has 33 heavy (non-hydrogen) atoms. The fourth-order valence-electron chi connectivity index (χ4n) is 3.84. The first-order valence-electron chi connectivity index (χ1n) is 11.0. The number of nitrogens with one attached hydrogen (secondary N) is 1. The fourth-order valence-corrected chi connectivity index (χ4v) is 4.20. The Hall–Kier alpha value is -3.18. The predicted molar refractivity (Wildman–Crippen MR) is 138 cm³/mol. The van der Waals surface area contributed by atoms with Crippen molar-refractivity contribution < 1.29 is 9.53 Å². The van der Waals surface area contributed by atoms with Gasteiger partial charge in [-0.25, -0.2) is 4.98 Å². The summed E-state index contributed by atoms with van der Waals surface area (Å²) in [5.41, 5.74) is 5.32. The number of hydrogen-bond acceptors (Lipinski definition) is 3. The van der Waals surface area contributed by atoms with Crippen LogP contribution in [0.3, 0.4) is 0 Å². The van der Waals surface area contributed by atoms with Gasteiger partial charge in [-0.15, -0.1) is 0 Å².